The largest absolute Gasteiger partial charge is 0.494 e. The van der Waals surface area contributed by atoms with E-state index in [2.05, 4.69) is 19.2 Å². The minimum atomic E-state index is -0.727. The van der Waals surface area contributed by atoms with Crippen LogP contribution in [-0.4, -0.2) is 18.1 Å². The number of nitrogens with one attached hydrogen (secondary N) is 1. The predicted octanol–water partition coefficient (Wildman–Crippen LogP) is 3.32. The molecule has 2 unspecified atom stereocenters. The highest BCUT2D eigenvalue weighted by Gasteiger charge is 2.37. The average Bonchev–Trinajstić information content (AvgIpc) is 2.46. The Balaban J connectivity index is 1.95. The zero-order chi connectivity index (χ0) is 15.3. The van der Waals surface area contributed by atoms with Gasteiger partial charge in [-0.2, -0.15) is 0 Å². The van der Waals surface area contributed by atoms with Crippen molar-refractivity contribution in [1.82, 2.24) is 0 Å². The van der Waals surface area contributed by atoms with Gasteiger partial charge in [-0.1, -0.05) is 26.7 Å². The fourth-order valence-corrected chi connectivity index (χ4v) is 2.91. The number of ether oxygens (including phenoxy) is 1. The first kappa shape index (κ1) is 15.8. The van der Waals surface area contributed by atoms with E-state index in [-0.39, 0.29) is 5.91 Å². The number of amides is 1. The summed E-state index contributed by atoms with van der Waals surface area (Å²) in [4.78, 5) is 12.4. The van der Waals surface area contributed by atoms with Crippen molar-refractivity contribution in [2.24, 2.45) is 11.7 Å². The third-order valence-electron chi connectivity index (χ3n) is 4.07. The first-order valence-corrected chi connectivity index (χ1v) is 7.87. The minimum Gasteiger partial charge on any atom is -0.494 e. The molecular weight excluding hydrogens is 264 g/mol. The molecule has 1 fully saturated rings. The molecular formula is C17H26N2O2. The Hall–Kier alpha value is -1.55. The van der Waals surface area contributed by atoms with Crippen LogP contribution in [-0.2, 0) is 4.79 Å². The lowest BCUT2D eigenvalue weighted by atomic mass is 9.76. The van der Waals surface area contributed by atoms with Crippen LogP contribution in [0.5, 0.6) is 5.75 Å². The summed E-state index contributed by atoms with van der Waals surface area (Å²) in [6.07, 6.45) is 4.69. The van der Waals surface area contributed by atoms with E-state index in [1.54, 1.807) is 0 Å². The van der Waals surface area contributed by atoms with Crippen LogP contribution < -0.4 is 15.8 Å². The molecule has 0 aliphatic heterocycles. The molecule has 116 valence electrons. The van der Waals surface area contributed by atoms with Crippen LogP contribution in [0, 0.1) is 5.92 Å². The quantitative estimate of drug-likeness (QED) is 0.874. The lowest BCUT2D eigenvalue weighted by Crippen LogP contribution is -2.53. The summed E-state index contributed by atoms with van der Waals surface area (Å²) in [5.74, 6) is 1.26. The second-order valence-electron chi connectivity index (χ2n) is 6.18. The molecule has 0 aromatic heterocycles. The van der Waals surface area contributed by atoms with E-state index in [0.29, 0.717) is 12.5 Å². The second kappa shape index (κ2) is 6.94. The number of hydrogen-bond acceptors (Lipinski definition) is 3. The first-order valence-electron chi connectivity index (χ1n) is 7.87. The van der Waals surface area contributed by atoms with E-state index in [1.165, 1.54) is 0 Å². The highest BCUT2D eigenvalue weighted by molar-refractivity contribution is 5.98. The van der Waals surface area contributed by atoms with E-state index >= 15 is 0 Å². The lowest BCUT2D eigenvalue weighted by Gasteiger charge is -2.35. The van der Waals surface area contributed by atoms with E-state index in [4.69, 9.17) is 10.5 Å². The maximum Gasteiger partial charge on any atom is 0.244 e. The Bertz CT molecular complexity index is 472. The smallest absolute Gasteiger partial charge is 0.244 e. The van der Waals surface area contributed by atoms with Gasteiger partial charge in [0.1, 0.15) is 5.75 Å². The van der Waals surface area contributed by atoms with Gasteiger partial charge in [-0.05, 0) is 49.4 Å². The monoisotopic (exact) mass is 290 g/mol. The topological polar surface area (TPSA) is 64.3 Å². The fraction of sp³-hybridized carbons (Fsp3) is 0.588. The standard InChI is InChI=1S/C17H26N2O2/c1-3-11-21-15-8-6-14(7-9-15)19-16(20)17(18)10-4-5-13(2)12-17/h6-9,13H,3-5,10-12,18H2,1-2H3,(H,19,20). The molecule has 1 aromatic rings. The summed E-state index contributed by atoms with van der Waals surface area (Å²) in [7, 11) is 0. The summed E-state index contributed by atoms with van der Waals surface area (Å²) in [5, 5.41) is 2.94. The normalized spacial score (nSPS) is 25.4. The molecule has 1 aromatic carbocycles. The Kier molecular flexibility index (Phi) is 5.23. The molecule has 21 heavy (non-hydrogen) atoms. The van der Waals surface area contributed by atoms with Crippen LogP contribution in [0.25, 0.3) is 0 Å². The Morgan fingerprint density at radius 3 is 2.76 bits per heavy atom. The molecule has 4 heteroatoms. The summed E-state index contributed by atoms with van der Waals surface area (Å²) in [5.41, 5.74) is 6.34. The van der Waals surface area contributed by atoms with Crippen molar-refractivity contribution >= 4 is 11.6 Å². The van der Waals surface area contributed by atoms with Crippen LogP contribution in [0.15, 0.2) is 24.3 Å². The van der Waals surface area contributed by atoms with Crippen LogP contribution >= 0.6 is 0 Å². The van der Waals surface area contributed by atoms with Crippen molar-refractivity contribution in [1.29, 1.82) is 0 Å². The van der Waals surface area contributed by atoms with Gasteiger partial charge in [0, 0.05) is 5.69 Å². The van der Waals surface area contributed by atoms with E-state index < -0.39 is 5.54 Å². The summed E-state index contributed by atoms with van der Waals surface area (Å²) < 4.78 is 5.53. The van der Waals surface area contributed by atoms with Crippen LogP contribution in [0.4, 0.5) is 5.69 Å². The van der Waals surface area contributed by atoms with Gasteiger partial charge in [-0.3, -0.25) is 4.79 Å². The maximum absolute atomic E-state index is 12.4. The van der Waals surface area contributed by atoms with E-state index in [0.717, 1.165) is 43.5 Å². The maximum atomic E-state index is 12.4. The van der Waals surface area contributed by atoms with Crippen LogP contribution in [0.3, 0.4) is 0 Å². The zero-order valence-electron chi connectivity index (χ0n) is 13.0. The third kappa shape index (κ3) is 4.21. The first-order chi connectivity index (χ1) is 10.0. The molecule has 3 N–H and O–H groups in total. The number of anilines is 1. The van der Waals surface area contributed by atoms with Gasteiger partial charge in [0.15, 0.2) is 0 Å². The van der Waals surface area contributed by atoms with Crippen LogP contribution in [0.2, 0.25) is 0 Å². The number of benzene rings is 1. The molecule has 2 rings (SSSR count). The lowest BCUT2D eigenvalue weighted by molar-refractivity contribution is -0.122. The molecule has 1 aliphatic rings. The second-order valence-corrected chi connectivity index (χ2v) is 6.18. The van der Waals surface area contributed by atoms with Gasteiger partial charge in [0.2, 0.25) is 5.91 Å². The Labute approximate surface area is 127 Å². The van der Waals surface area contributed by atoms with Crippen molar-refractivity contribution < 1.29 is 9.53 Å². The average molecular weight is 290 g/mol. The Morgan fingerprint density at radius 2 is 2.14 bits per heavy atom. The van der Waals surface area contributed by atoms with Crippen molar-refractivity contribution in [2.45, 2.75) is 51.5 Å². The number of nitrogens with two attached hydrogens (primary N) is 1. The molecule has 0 saturated heterocycles. The summed E-state index contributed by atoms with van der Waals surface area (Å²) >= 11 is 0. The molecule has 0 heterocycles. The van der Waals surface area contributed by atoms with Gasteiger partial charge in [-0.25, -0.2) is 0 Å². The number of carbonyl (C=O) groups is 1. The molecule has 1 saturated carbocycles. The highest BCUT2D eigenvalue weighted by Crippen LogP contribution is 2.31. The SMILES string of the molecule is CCCOc1ccc(NC(=O)C2(N)CCCC(C)C2)cc1. The predicted molar refractivity (Wildman–Crippen MR) is 85.4 cm³/mol. The highest BCUT2D eigenvalue weighted by atomic mass is 16.5. The minimum absolute atomic E-state index is 0.0729. The van der Waals surface area contributed by atoms with Crippen molar-refractivity contribution in [2.75, 3.05) is 11.9 Å². The van der Waals surface area contributed by atoms with Gasteiger partial charge in [0.05, 0.1) is 12.1 Å². The molecule has 2 atom stereocenters. The van der Waals surface area contributed by atoms with E-state index in [9.17, 15) is 4.79 Å². The Morgan fingerprint density at radius 1 is 1.43 bits per heavy atom. The molecule has 1 aliphatic carbocycles. The summed E-state index contributed by atoms with van der Waals surface area (Å²) in [6.45, 7) is 4.93. The fourth-order valence-electron chi connectivity index (χ4n) is 2.91. The zero-order valence-corrected chi connectivity index (χ0v) is 13.0. The van der Waals surface area contributed by atoms with Crippen LogP contribution in [0.1, 0.15) is 46.0 Å². The molecule has 1 amide bonds. The van der Waals surface area contributed by atoms with Gasteiger partial charge >= 0.3 is 0 Å². The van der Waals surface area contributed by atoms with Crippen molar-refractivity contribution in [3.8, 4) is 5.75 Å². The molecule has 0 spiro atoms. The number of hydrogen-bond donors (Lipinski definition) is 2. The third-order valence-corrected chi connectivity index (χ3v) is 4.07. The molecule has 0 radical (unpaired) electrons. The molecule has 4 nitrogen and oxygen atoms in total. The van der Waals surface area contributed by atoms with Gasteiger partial charge in [0.25, 0.3) is 0 Å². The van der Waals surface area contributed by atoms with Gasteiger partial charge < -0.3 is 15.8 Å². The van der Waals surface area contributed by atoms with E-state index in [1.807, 2.05) is 24.3 Å². The van der Waals surface area contributed by atoms with Gasteiger partial charge in [-0.15, -0.1) is 0 Å². The van der Waals surface area contributed by atoms with Crippen molar-refractivity contribution in [3.63, 3.8) is 0 Å². The summed E-state index contributed by atoms with van der Waals surface area (Å²) in [6, 6.07) is 7.47. The van der Waals surface area contributed by atoms with Crippen molar-refractivity contribution in [3.05, 3.63) is 24.3 Å². The number of carbonyl (C=O) groups excluding carboxylic acids is 1. The number of rotatable bonds is 5. The molecule has 0 bridgehead atoms.